The summed E-state index contributed by atoms with van der Waals surface area (Å²) in [7, 11) is 0. The Labute approximate surface area is 151 Å². The summed E-state index contributed by atoms with van der Waals surface area (Å²) in [6.45, 7) is 6.90. The van der Waals surface area contributed by atoms with Crippen LogP contribution in [0.25, 0.3) is 0 Å². The van der Waals surface area contributed by atoms with Crippen LogP contribution in [0.1, 0.15) is 57.9 Å². The van der Waals surface area contributed by atoms with Gasteiger partial charge < -0.3 is 10.2 Å². The van der Waals surface area contributed by atoms with Crippen molar-refractivity contribution in [1.29, 1.82) is 5.26 Å². The molecule has 2 heterocycles. The van der Waals surface area contributed by atoms with E-state index in [-0.39, 0.29) is 11.8 Å². The van der Waals surface area contributed by atoms with Crippen molar-refractivity contribution < 1.29 is 4.79 Å². The molecule has 0 aliphatic carbocycles. The summed E-state index contributed by atoms with van der Waals surface area (Å²) in [5, 5.41) is 12.0. The molecule has 1 amide bonds. The molecule has 0 aromatic carbocycles. The molecule has 1 aromatic heterocycles. The van der Waals surface area contributed by atoms with Crippen LogP contribution in [0.15, 0.2) is 18.3 Å². The molecule has 1 atom stereocenters. The van der Waals surface area contributed by atoms with Gasteiger partial charge in [0, 0.05) is 31.7 Å². The second-order valence-electron chi connectivity index (χ2n) is 6.94. The van der Waals surface area contributed by atoms with Crippen LogP contribution < -0.4 is 10.2 Å². The van der Waals surface area contributed by atoms with Crippen molar-refractivity contribution in [2.24, 2.45) is 11.8 Å². The van der Waals surface area contributed by atoms with E-state index >= 15 is 0 Å². The smallest absolute Gasteiger partial charge is 0.223 e. The first-order valence-electron chi connectivity index (χ1n) is 9.56. The van der Waals surface area contributed by atoms with Crippen molar-refractivity contribution in [2.45, 2.75) is 52.4 Å². The first-order chi connectivity index (χ1) is 12.2. The molecule has 1 unspecified atom stereocenters. The SMILES string of the molecule is CCCCC(CC)CNC(=O)C1CCN(c2ccc(C#N)cn2)CC1. The number of amides is 1. The largest absolute Gasteiger partial charge is 0.357 e. The quantitative estimate of drug-likeness (QED) is 0.785. The minimum absolute atomic E-state index is 0.110. The van der Waals surface area contributed by atoms with Gasteiger partial charge in [-0.05, 0) is 37.3 Å². The van der Waals surface area contributed by atoms with E-state index in [1.54, 1.807) is 12.3 Å². The van der Waals surface area contributed by atoms with Crippen molar-refractivity contribution in [3.63, 3.8) is 0 Å². The third kappa shape index (κ3) is 5.74. The molecule has 1 aliphatic heterocycles. The summed E-state index contributed by atoms with van der Waals surface area (Å²) in [4.78, 5) is 19.0. The van der Waals surface area contributed by atoms with Gasteiger partial charge in [0.25, 0.3) is 0 Å². The standard InChI is InChI=1S/C20H30N4O/c1-3-5-6-16(4-2)14-23-20(25)18-9-11-24(12-10-18)19-8-7-17(13-21)15-22-19/h7-8,15-16,18H,3-6,9-12,14H2,1-2H3,(H,23,25). The van der Waals surface area contributed by atoms with Crippen LogP contribution in [-0.4, -0.2) is 30.5 Å². The molecular formula is C20H30N4O. The molecule has 136 valence electrons. The van der Waals surface area contributed by atoms with E-state index in [0.29, 0.717) is 11.5 Å². The van der Waals surface area contributed by atoms with Crippen molar-refractivity contribution in [3.8, 4) is 6.07 Å². The maximum atomic E-state index is 12.4. The van der Waals surface area contributed by atoms with Crippen molar-refractivity contribution in [2.75, 3.05) is 24.5 Å². The lowest BCUT2D eigenvalue weighted by Gasteiger charge is -2.32. The molecule has 1 fully saturated rings. The van der Waals surface area contributed by atoms with Gasteiger partial charge >= 0.3 is 0 Å². The van der Waals surface area contributed by atoms with Gasteiger partial charge in [0.05, 0.1) is 5.56 Å². The predicted molar refractivity (Wildman–Crippen MR) is 100 cm³/mol. The summed E-state index contributed by atoms with van der Waals surface area (Å²) < 4.78 is 0. The van der Waals surface area contributed by atoms with Gasteiger partial charge in [-0.1, -0.05) is 33.1 Å². The lowest BCUT2D eigenvalue weighted by molar-refractivity contribution is -0.125. The fourth-order valence-corrected chi connectivity index (χ4v) is 3.34. The minimum Gasteiger partial charge on any atom is -0.357 e. The Kier molecular flexibility index (Phi) is 7.72. The fraction of sp³-hybridized carbons (Fsp3) is 0.650. The second-order valence-corrected chi connectivity index (χ2v) is 6.94. The summed E-state index contributed by atoms with van der Waals surface area (Å²) in [6.07, 6.45) is 8.11. The first kappa shape index (κ1) is 19.2. The molecule has 0 bridgehead atoms. The van der Waals surface area contributed by atoms with Gasteiger partial charge in [0.1, 0.15) is 11.9 Å². The number of rotatable bonds is 8. The highest BCUT2D eigenvalue weighted by Crippen LogP contribution is 2.22. The Morgan fingerprint density at radius 1 is 1.40 bits per heavy atom. The lowest BCUT2D eigenvalue weighted by atomic mass is 9.94. The van der Waals surface area contributed by atoms with E-state index in [0.717, 1.165) is 44.7 Å². The van der Waals surface area contributed by atoms with Gasteiger partial charge in [0.15, 0.2) is 0 Å². The number of carbonyl (C=O) groups is 1. The Bertz CT molecular complexity index is 570. The van der Waals surface area contributed by atoms with E-state index < -0.39 is 0 Å². The normalized spacial score (nSPS) is 16.3. The molecule has 0 spiro atoms. The Hall–Kier alpha value is -2.09. The van der Waals surface area contributed by atoms with E-state index in [1.165, 1.54) is 19.3 Å². The molecule has 1 N–H and O–H groups in total. The number of nitrogens with one attached hydrogen (secondary N) is 1. The van der Waals surface area contributed by atoms with E-state index in [9.17, 15) is 4.79 Å². The van der Waals surface area contributed by atoms with Crippen LogP contribution in [-0.2, 0) is 4.79 Å². The first-order valence-corrected chi connectivity index (χ1v) is 9.56. The monoisotopic (exact) mass is 342 g/mol. The van der Waals surface area contributed by atoms with E-state index in [1.807, 2.05) is 6.07 Å². The number of carbonyl (C=O) groups excluding carboxylic acids is 1. The highest BCUT2D eigenvalue weighted by Gasteiger charge is 2.25. The number of hydrogen-bond acceptors (Lipinski definition) is 4. The minimum atomic E-state index is 0.110. The van der Waals surface area contributed by atoms with Gasteiger partial charge in [0.2, 0.25) is 5.91 Å². The molecule has 1 aliphatic rings. The highest BCUT2D eigenvalue weighted by atomic mass is 16.1. The fourth-order valence-electron chi connectivity index (χ4n) is 3.34. The molecule has 5 heteroatoms. The molecule has 0 saturated carbocycles. The maximum absolute atomic E-state index is 12.4. The Balaban J connectivity index is 1.76. The average molecular weight is 342 g/mol. The third-order valence-corrected chi connectivity index (χ3v) is 5.17. The molecule has 0 radical (unpaired) electrons. The maximum Gasteiger partial charge on any atom is 0.223 e. The average Bonchev–Trinajstić information content (AvgIpc) is 2.68. The van der Waals surface area contributed by atoms with Gasteiger partial charge in [-0.15, -0.1) is 0 Å². The predicted octanol–water partition coefficient (Wildman–Crippen LogP) is 3.50. The lowest BCUT2D eigenvalue weighted by Crippen LogP contribution is -2.42. The van der Waals surface area contributed by atoms with Crippen LogP contribution in [0, 0.1) is 23.2 Å². The molecular weight excluding hydrogens is 312 g/mol. The number of nitriles is 1. The van der Waals surface area contributed by atoms with Crippen LogP contribution in [0.5, 0.6) is 0 Å². The number of piperidine rings is 1. The zero-order chi connectivity index (χ0) is 18.1. The van der Waals surface area contributed by atoms with Crippen LogP contribution >= 0.6 is 0 Å². The number of unbranched alkanes of at least 4 members (excludes halogenated alkanes) is 1. The zero-order valence-electron chi connectivity index (χ0n) is 15.5. The van der Waals surface area contributed by atoms with Crippen LogP contribution in [0.3, 0.4) is 0 Å². The van der Waals surface area contributed by atoms with Crippen LogP contribution in [0.4, 0.5) is 5.82 Å². The highest BCUT2D eigenvalue weighted by molar-refractivity contribution is 5.79. The number of aromatic nitrogens is 1. The zero-order valence-corrected chi connectivity index (χ0v) is 15.5. The second kappa shape index (κ2) is 10.0. The van der Waals surface area contributed by atoms with Gasteiger partial charge in [-0.3, -0.25) is 4.79 Å². The summed E-state index contributed by atoms with van der Waals surface area (Å²) in [5.74, 6) is 1.82. The Morgan fingerprint density at radius 2 is 2.16 bits per heavy atom. The third-order valence-electron chi connectivity index (χ3n) is 5.17. The molecule has 2 rings (SSSR count). The van der Waals surface area contributed by atoms with Gasteiger partial charge in [-0.25, -0.2) is 4.98 Å². The molecule has 25 heavy (non-hydrogen) atoms. The number of pyridine rings is 1. The molecule has 1 aromatic rings. The topological polar surface area (TPSA) is 69.0 Å². The Morgan fingerprint density at radius 3 is 2.72 bits per heavy atom. The molecule has 5 nitrogen and oxygen atoms in total. The van der Waals surface area contributed by atoms with Crippen molar-refractivity contribution in [1.82, 2.24) is 10.3 Å². The van der Waals surface area contributed by atoms with E-state index in [2.05, 4.69) is 35.1 Å². The number of nitrogens with zero attached hydrogens (tertiary/aromatic N) is 3. The van der Waals surface area contributed by atoms with Crippen LogP contribution in [0.2, 0.25) is 0 Å². The van der Waals surface area contributed by atoms with Crippen molar-refractivity contribution in [3.05, 3.63) is 23.9 Å². The molecule has 1 saturated heterocycles. The summed E-state index contributed by atoms with van der Waals surface area (Å²) >= 11 is 0. The van der Waals surface area contributed by atoms with Gasteiger partial charge in [-0.2, -0.15) is 5.26 Å². The summed E-state index contributed by atoms with van der Waals surface area (Å²) in [5.41, 5.74) is 0.576. The number of anilines is 1. The number of hydrogen-bond donors (Lipinski definition) is 1. The van der Waals surface area contributed by atoms with E-state index in [4.69, 9.17) is 5.26 Å². The van der Waals surface area contributed by atoms with Crippen molar-refractivity contribution >= 4 is 11.7 Å². The summed E-state index contributed by atoms with van der Waals surface area (Å²) in [6, 6.07) is 5.77.